The normalized spacial score (nSPS) is 20.8. The third kappa shape index (κ3) is 1.88. The van der Waals surface area contributed by atoms with E-state index in [0.29, 0.717) is 24.2 Å². The van der Waals surface area contributed by atoms with Gasteiger partial charge in [-0.25, -0.2) is 8.78 Å². The van der Waals surface area contributed by atoms with Gasteiger partial charge in [0.2, 0.25) is 0 Å². The minimum absolute atomic E-state index is 0.198. The number of rotatable bonds is 2. The fourth-order valence-corrected chi connectivity index (χ4v) is 2.86. The van der Waals surface area contributed by atoms with E-state index in [2.05, 4.69) is 0 Å². The number of aliphatic hydroxyl groups is 1. The third-order valence-corrected chi connectivity index (χ3v) is 3.89. The van der Waals surface area contributed by atoms with Crippen LogP contribution in [0.1, 0.15) is 23.1 Å². The first-order chi connectivity index (χ1) is 9.54. The Labute approximate surface area is 115 Å². The minimum Gasteiger partial charge on any atom is -0.497 e. The van der Waals surface area contributed by atoms with Crippen molar-refractivity contribution in [1.82, 2.24) is 0 Å². The van der Waals surface area contributed by atoms with Crippen molar-refractivity contribution >= 4 is 0 Å². The zero-order valence-corrected chi connectivity index (χ0v) is 11.0. The van der Waals surface area contributed by atoms with Crippen LogP contribution in [-0.2, 0) is 12.0 Å². The molecule has 0 heterocycles. The highest BCUT2D eigenvalue weighted by Gasteiger charge is 2.40. The van der Waals surface area contributed by atoms with E-state index in [1.165, 1.54) is 37.4 Å². The van der Waals surface area contributed by atoms with Crippen molar-refractivity contribution in [2.24, 2.45) is 0 Å². The van der Waals surface area contributed by atoms with E-state index < -0.39 is 11.4 Å². The average Bonchev–Trinajstić information content (AvgIpc) is 2.76. The standard InChI is InChI=1S/C16H14F2O2/c1-20-12-3-5-14(15(18)9-12)16(19)7-6-10-8-11(17)2-4-13(10)16/h2-5,8-9,19H,6-7H2,1H3. The predicted molar refractivity (Wildman–Crippen MR) is 70.7 cm³/mol. The number of ether oxygens (including phenoxy) is 1. The topological polar surface area (TPSA) is 29.5 Å². The maximum atomic E-state index is 14.2. The van der Waals surface area contributed by atoms with Crippen LogP contribution in [0.15, 0.2) is 36.4 Å². The van der Waals surface area contributed by atoms with Gasteiger partial charge in [-0.05, 0) is 48.2 Å². The molecule has 1 atom stereocenters. The summed E-state index contributed by atoms with van der Waals surface area (Å²) in [5.74, 6) is -0.473. The molecule has 0 saturated heterocycles. The van der Waals surface area contributed by atoms with Gasteiger partial charge in [-0.3, -0.25) is 0 Å². The Hall–Kier alpha value is -1.94. The lowest BCUT2D eigenvalue weighted by Gasteiger charge is -2.25. The quantitative estimate of drug-likeness (QED) is 0.913. The molecule has 1 aliphatic carbocycles. The van der Waals surface area contributed by atoms with Crippen molar-refractivity contribution in [2.45, 2.75) is 18.4 Å². The van der Waals surface area contributed by atoms with Crippen molar-refractivity contribution in [3.8, 4) is 5.75 Å². The summed E-state index contributed by atoms with van der Waals surface area (Å²) in [6.45, 7) is 0. The van der Waals surface area contributed by atoms with Crippen molar-refractivity contribution < 1.29 is 18.6 Å². The van der Waals surface area contributed by atoms with Crippen molar-refractivity contribution in [2.75, 3.05) is 7.11 Å². The van der Waals surface area contributed by atoms with Gasteiger partial charge in [-0.15, -0.1) is 0 Å². The largest absolute Gasteiger partial charge is 0.497 e. The van der Waals surface area contributed by atoms with Gasteiger partial charge >= 0.3 is 0 Å². The number of benzene rings is 2. The molecule has 0 aromatic heterocycles. The second kappa shape index (κ2) is 4.56. The van der Waals surface area contributed by atoms with E-state index >= 15 is 0 Å². The molecule has 2 aromatic carbocycles. The van der Waals surface area contributed by atoms with Gasteiger partial charge in [0.15, 0.2) is 0 Å². The first-order valence-electron chi connectivity index (χ1n) is 6.40. The Kier molecular flexibility index (Phi) is 2.98. The second-order valence-electron chi connectivity index (χ2n) is 5.01. The Bertz CT molecular complexity index is 670. The van der Waals surface area contributed by atoms with Gasteiger partial charge in [0, 0.05) is 11.6 Å². The van der Waals surface area contributed by atoms with E-state index in [0.717, 1.165) is 5.56 Å². The highest BCUT2D eigenvalue weighted by Crippen LogP contribution is 2.43. The molecule has 104 valence electrons. The minimum atomic E-state index is -1.40. The highest BCUT2D eigenvalue weighted by atomic mass is 19.1. The van der Waals surface area contributed by atoms with Crippen molar-refractivity contribution in [3.05, 3.63) is 64.7 Å². The summed E-state index contributed by atoms with van der Waals surface area (Å²) in [5.41, 5.74) is 0.0914. The van der Waals surface area contributed by atoms with E-state index in [9.17, 15) is 13.9 Å². The third-order valence-electron chi connectivity index (χ3n) is 3.89. The molecule has 3 rings (SSSR count). The number of fused-ring (bicyclic) bond motifs is 1. The molecule has 0 fully saturated rings. The van der Waals surface area contributed by atoms with Crippen LogP contribution >= 0.6 is 0 Å². The van der Waals surface area contributed by atoms with Crippen molar-refractivity contribution in [1.29, 1.82) is 0 Å². The van der Waals surface area contributed by atoms with Crippen LogP contribution in [-0.4, -0.2) is 12.2 Å². The molecule has 1 N–H and O–H groups in total. The molecule has 0 bridgehead atoms. The number of halogens is 2. The summed E-state index contributed by atoms with van der Waals surface area (Å²) in [5, 5.41) is 10.8. The van der Waals surface area contributed by atoms with E-state index in [1.807, 2.05) is 0 Å². The Balaban J connectivity index is 2.12. The molecule has 0 saturated carbocycles. The van der Waals surface area contributed by atoms with Crippen LogP contribution in [0.25, 0.3) is 0 Å². The molecule has 0 amide bonds. The Morgan fingerprint density at radius 1 is 1.10 bits per heavy atom. The van der Waals surface area contributed by atoms with E-state index in [-0.39, 0.29) is 11.4 Å². The van der Waals surface area contributed by atoms with Crippen LogP contribution in [0.2, 0.25) is 0 Å². The predicted octanol–water partition coefficient (Wildman–Crippen LogP) is 3.16. The van der Waals surface area contributed by atoms with Crippen LogP contribution in [0, 0.1) is 11.6 Å². The van der Waals surface area contributed by atoms with Crippen LogP contribution in [0.4, 0.5) is 8.78 Å². The van der Waals surface area contributed by atoms with Gasteiger partial charge in [0.05, 0.1) is 7.11 Å². The molecule has 1 aliphatic rings. The molecular weight excluding hydrogens is 262 g/mol. The summed E-state index contributed by atoms with van der Waals surface area (Å²) in [4.78, 5) is 0. The van der Waals surface area contributed by atoms with Crippen LogP contribution < -0.4 is 4.74 Å². The first kappa shape index (κ1) is 13.1. The fraction of sp³-hybridized carbons (Fsp3) is 0.250. The lowest BCUT2D eigenvalue weighted by atomic mass is 9.87. The molecule has 0 aliphatic heterocycles. The Morgan fingerprint density at radius 3 is 2.55 bits per heavy atom. The average molecular weight is 276 g/mol. The van der Waals surface area contributed by atoms with Gasteiger partial charge in [-0.1, -0.05) is 6.07 Å². The second-order valence-corrected chi connectivity index (χ2v) is 5.01. The maximum absolute atomic E-state index is 14.2. The van der Waals surface area contributed by atoms with Crippen LogP contribution in [0.5, 0.6) is 5.75 Å². The molecule has 4 heteroatoms. The van der Waals surface area contributed by atoms with Crippen LogP contribution in [0.3, 0.4) is 0 Å². The van der Waals surface area contributed by atoms with E-state index in [1.54, 1.807) is 6.07 Å². The maximum Gasteiger partial charge on any atom is 0.133 e. The molecule has 20 heavy (non-hydrogen) atoms. The molecule has 1 unspecified atom stereocenters. The number of aryl methyl sites for hydroxylation is 1. The lowest BCUT2D eigenvalue weighted by molar-refractivity contribution is 0.0788. The van der Waals surface area contributed by atoms with Crippen molar-refractivity contribution in [3.63, 3.8) is 0 Å². The monoisotopic (exact) mass is 276 g/mol. The SMILES string of the molecule is COc1ccc(C2(O)CCc3cc(F)ccc32)c(F)c1. The lowest BCUT2D eigenvalue weighted by Crippen LogP contribution is -2.25. The zero-order valence-electron chi connectivity index (χ0n) is 11.0. The smallest absolute Gasteiger partial charge is 0.133 e. The summed E-state index contributed by atoms with van der Waals surface area (Å²) < 4.78 is 32.4. The molecular formula is C16H14F2O2. The van der Waals surface area contributed by atoms with Gasteiger partial charge in [0.25, 0.3) is 0 Å². The highest BCUT2D eigenvalue weighted by molar-refractivity contribution is 5.47. The summed E-state index contributed by atoms with van der Waals surface area (Å²) in [6.07, 6.45) is 0.865. The summed E-state index contributed by atoms with van der Waals surface area (Å²) in [7, 11) is 1.46. The van der Waals surface area contributed by atoms with Gasteiger partial charge in [-0.2, -0.15) is 0 Å². The fourth-order valence-electron chi connectivity index (χ4n) is 2.86. The number of hydrogen-bond donors (Lipinski definition) is 1. The molecule has 0 spiro atoms. The number of methoxy groups -OCH3 is 1. The number of hydrogen-bond acceptors (Lipinski definition) is 2. The van der Waals surface area contributed by atoms with Gasteiger partial charge in [0.1, 0.15) is 23.0 Å². The zero-order chi connectivity index (χ0) is 14.3. The molecule has 0 radical (unpaired) electrons. The van der Waals surface area contributed by atoms with Gasteiger partial charge < -0.3 is 9.84 Å². The summed E-state index contributed by atoms with van der Waals surface area (Å²) >= 11 is 0. The molecule has 2 aromatic rings. The van der Waals surface area contributed by atoms with E-state index in [4.69, 9.17) is 4.74 Å². The molecule has 2 nitrogen and oxygen atoms in total. The Morgan fingerprint density at radius 2 is 1.85 bits per heavy atom. The summed E-state index contributed by atoms with van der Waals surface area (Å²) in [6, 6.07) is 8.59. The first-order valence-corrected chi connectivity index (χ1v) is 6.40.